The van der Waals surface area contributed by atoms with Crippen LogP contribution in [0.5, 0.6) is 5.75 Å². The van der Waals surface area contributed by atoms with E-state index in [9.17, 15) is 4.79 Å². The van der Waals surface area contributed by atoms with Crippen molar-refractivity contribution in [3.05, 3.63) is 28.8 Å². The molecule has 0 amide bonds. The molecular weight excluding hydrogens is 244 g/mol. The molecule has 1 aliphatic rings. The zero-order chi connectivity index (χ0) is 13.3. The minimum Gasteiger partial charge on any atom is -0.496 e. The minimum atomic E-state index is -0.271. The first-order chi connectivity index (χ1) is 8.48. The van der Waals surface area contributed by atoms with Gasteiger partial charge in [0.1, 0.15) is 5.75 Å². The zero-order valence-corrected chi connectivity index (χ0v) is 12.3. The number of thioether (sulfide) groups is 1. The summed E-state index contributed by atoms with van der Waals surface area (Å²) in [6.07, 6.45) is 2.09. The number of aryl methyl sites for hydroxylation is 2. The first-order valence-electron chi connectivity index (χ1n) is 6.32. The van der Waals surface area contributed by atoms with Gasteiger partial charge in [-0.2, -0.15) is 0 Å². The molecule has 1 aromatic rings. The van der Waals surface area contributed by atoms with Crippen molar-refractivity contribution in [2.75, 3.05) is 12.9 Å². The maximum absolute atomic E-state index is 12.8. The van der Waals surface area contributed by atoms with Crippen LogP contribution in [0.1, 0.15) is 41.3 Å². The van der Waals surface area contributed by atoms with Gasteiger partial charge in [-0.3, -0.25) is 4.79 Å². The number of hydrogen-bond donors (Lipinski definition) is 0. The number of carbonyl (C=O) groups excluding carboxylic acids is 1. The molecule has 0 N–H and O–H groups in total. The summed E-state index contributed by atoms with van der Waals surface area (Å²) >= 11 is 1.77. The Morgan fingerprint density at radius 1 is 1.39 bits per heavy atom. The summed E-state index contributed by atoms with van der Waals surface area (Å²) < 4.78 is 5.13. The lowest BCUT2D eigenvalue weighted by Gasteiger charge is -2.23. The van der Waals surface area contributed by atoms with Crippen LogP contribution in [0.2, 0.25) is 0 Å². The van der Waals surface area contributed by atoms with E-state index in [0.717, 1.165) is 35.3 Å². The summed E-state index contributed by atoms with van der Waals surface area (Å²) in [6.45, 7) is 6.08. The van der Waals surface area contributed by atoms with Crippen LogP contribution in [0.25, 0.3) is 0 Å². The predicted molar refractivity (Wildman–Crippen MR) is 76.9 cm³/mol. The van der Waals surface area contributed by atoms with Crippen LogP contribution < -0.4 is 4.74 Å². The van der Waals surface area contributed by atoms with Crippen LogP contribution in [0.15, 0.2) is 12.1 Å². The second kappa shape index (κ2) is 4.96. The fourth-order valence-electron chi connectivity index (χ4n) is 2.60. The molecule has 98 valence electrons. The maximum Gasteiger partial charge on any atom is 0.182 e. The van der Waals surface area contributed by atoms with Gasteiger partial charge in [0, 0.05) is 0 Å². The Bertz CT molecular complexity index is 474. The molecule has 0 spiro atoms. The van der Waals surface area contributed by atoms with E-state index >= 15 is 0 Å². The Morgan fingerprint density at radius 3 is 2.67 bits per heavy atom. The molecule has 3 heteroatoms. The molecule has 1 fully saturated rings. The van der Waals surface area contributed by atoms with Gasteiger partial charge in [0.05, 0.1) is 17.4 Å². The molecule has 0 bridgehead atoms. The highest BCUT2D eigenvalue weighted by atomic mass is 32.2. The SMILES string of the molecule is COc1cc(C)cc(C)c1C(=O)C1(C)CCCS1. The molecule has 0 aliphatic carbocycles. The number of ether oxygens (including phenoxy) is 1. The Kier molecular flexibility index (Phi) is 3.71. The average Bonchev–Trinajstić information content (AvgIpc) is 2.75. The van der Waals surface area contributed by atoms with E-state index < -0.39 is 0 Å². The van der Waals surface area contributed by atoms with Gasteiger partial charge in [-0.05, 0) is 56.6 Å². The summed E-state index contributed by atoms with van der Waals surface area (Å²) in [5.41, 5.74) is 2.91. The van der Waals surface area contributed by atoms with Gasteiger partial charge in [-0.25, -0.2) is 0 Å². The quantitative estimate of drug-likeness (QED) is 0.777. The lowest BCUT2D eigenvalue weighted by molar-refractivity contribution is 0.0945. The molecule has 1 atom stereocenters. The summed E-state index contributed by atoms with van der Waals surface area (Å²) in [5, 5.41) is 0. The van der Waals surface area contributed by atoms with Crippen LogP contribution in [-0.4, -0.2) is 23.4 Å². The molecule has 1 unspecified atom stereocenters. The number of carbonyl (C=O) groups is 1. The standard InChI is InChI=1S/C15H20O2S/c1-10-8-11(2)13(12(9-10)17-4)14(16)15(3)6-5-7-18-15/h8-9H,5-7H2,1-4H3. The van der Waals surface area contributed by atoms with Crippen molar-refractivity contribution in [3.8, 4) is 5.75 Å². The Balaban J connectivity index is 2.47. The molecule has 1 aliphatic heterocycles. The third kappa shape index (κ3) is 2.28. The summed E-state index contributed by atoms with van der Waals surface area (Å²) in [6, 6.07) is 4.00. The van der Waals surface area contributed by atoms with Gasteiger partial charge < -0.3 is 4.74 Å². The van der Waals surface area contributed by atoms with Gasteiger partial charge in [-0.1, -0.05) is 6.07 Å². The van der Waals surface area contributed by atoms with Gasteiger partial charge in [0.2, 0.25) is 0 Å². The van der Waals surface area contributed by atoms with E-state index in [4.69, 9.17) is 4.74 Å². The third-order valence-electron chi connectivity index (χ3n) is 3.59. The lowest BCUT2D eigenvalue weighted by Crippen LogP contribution is -2.29. The summed E-state index contributed by atoms with van der Waals surface area (Å²) in [7, 11) is 1.63. The van der Waals surface area contributed by atoms with Crippen molar-refractivity contribution in [2.24, 2.45) is 0 Å². The fraction of sp³-hybridized carbons (Fsp3) is 0.533. The smallest absolute Gasteiger partial charge is 0.182 e. The molecule has 0 aromatic heterocycles. The van der Waals surface area contributed by atoms with Crippen LogP contribution >= 0.6 is 11.8 Å². The monoisotopic (exact) mass is 264 g/mol. The van der Waals surface area contributed by atoms with Crippen molar-refractivity contribution in [3.63, 3.8) is 0 Å². The van der Waals surface area contributed by atoms with Gasteiger partial charge in [0.25, 0.3) is 0 Å². The zero-order valence-electron chi connectivity index (χ0n) is 11.5. The number of rotatable bonds is 3. The largest absolute Gasteiger partial charge is 0.496 e. The number of methoxy groups -OCH3 is 1. The van der Waals surface area contributed by atoms with E-state index in [0.29, 0.717) is 5.75 Å². The minimum absolute atomic E-state index is 0.222. The number of hydrogen-bond acceptors (Lipinski definition) is 3. The topological polar surface area (TPSA) is 26.3 Å². The molecule has 0 radical (unpaired) electrons. The highest BCUT2D eigenvalue weighted by Crippen LogP contribution is 2.42. The van der Waals surface area contributed by atoms with Crippen molar-refractivity contribution in [2.45, 2.75) is 38.4 Å². The number of Topliss-reactive ketones (excluding diaryl/α,β-unsaturated/α-hetero) is 1. The van der Waals surface area contributed by atoms with Crippen molar-refractivity contribution in [1.29, 1.82) is 0 Å². The van der Waals surface area contributed by atoms with Gasteiger partial charge >= 0.3 is 0 Å². The van der Waals surface area contributed by atoms with E-state index in [1.54, 1.807) is 18.9 Å². The van der Waals surface area contributed by atoms with Crippen LogP contribution in [-0.2, 0) is 0 Å². The van der Waals surface area contributed by atoms with E-state index in [1.165, 1.54) is 0 Å². The van der Waals surface area contributed by atoms with Crippen molar-refractivity contribution in [1.82, 2.24) is 0 Å². The van der Waals surface area contributed by atoms with Crippen LogP contribution in [0.3, 0.4) is 0 Å². The molecule has 1 heterocycles. The first kappa shape index (κ1) is 13.5. The third-order valence-corrected chi connectivity index (χ3v) is 5.11. The molecule has 1 aromatic carbocycles. The summed E-state index contributed by atoms with van der Waals surface area (Å²) in [5.74, 6) is 2.01. The highest BCUT2D eigenvalue weighted by Gasteiger charge is 2.39. The molecule has 2 nitrogen and oxygen atoms in total. The Labute approximate surface area is 113 Å². The molecule has 1 saturated heterocycles. The predicted octanol–water partition coefficient (Wildman–Crippen LogP) is 3.78. The average molecular weight is 264 g/mol. The second-order valence-corrected chi connectivity index (χ2v) is 6.77. The molecule has 0 saturated carbocycles. The van der Waals surface area contributed by atoms with Gasteiger partial charge in [-0.15, -0.1) is 11.8 Å². The Hall–Kier alpha value is -0.960. The molecule has 18 heavy (non-hydrogen) atoms. The maximum atomic E-state index is 12.8. The normalized spacial score (nSPS) is 23.1. The lowest BCUT2D eigenvalue weighted by atomic mass is 9.90. The van der Waals surface area contributed by atoms with E-state index in [-0.39, 0.29) is 10.5 Å². The van der Waals surface area contributed by atoms with E-state index in [2.05, 4.69) is 13.0 Å². The van der Waals surface area contributed by atoms with Crippen molar-refractivity contribution >= 4 is 17.5 Å². The van der Waals surface area contributed by atoms with Crippen LogP contribution in [0, 0.1) is 13.8 Å². The number of benzene rings is 1. The van der Waals surface area contributed by atoms with E-state index in [1.807, 2.05) is 19.9 Å². The van der Waals surface area contributed by atoms with Crippen molar-refractivity contribution < 1.29 is 9.53 Å². The fourth-order valence-corrected chi connectivity index (χ4v) is 3.86. The Morgan fingerprint density at radius 2 is 2.11 bits per heavy atom. The van der Waals surface area contributed by atoms with Crippen LogP contribution in [0.4, 0.5) is 0 Å². The second-order valence-electron chi connectivity index (χ2n) is 5.17. The van der Waals surface area contributed by atoms with Gasteiger partial charge in [0.15, 0.2) is 5.78 Å². The molecule has 2 rings (SSSR count). The highest BCUT2D eigenvalue weighted by molar-refractivity contribution is 8.01. The molecular formula is C15H20O2S. The number of ketones is 1. The first-order valence-corrected chi connectivity index (χ1v) is 7.30. The summed E-state index contributed by atoms with van der Waals surface area (Å²) in [4.78, 5) is 12.8.